The molecule has 0 aromatic carbocycles. The van der Waals surface area contributed by atoms with Crippen molar-refractivity contribution in [2.24, 2.45) is 0 Å². The topological polar surface area (TPSA) is 178 Å². The molecule has 0 saturated carbocycles. The van der Waals surface area contributed by atoms with Gasteiger partial charge in [-0.2, -0.15) is 8.42 Å². The molecule has 0 aromatic heterocycles. The average molecular weight is 1040 g/mol. The first-order valence-electron chi connectivity index (χ1n) is 28.3. The molecule has 0 aliphatic carbocycles. The third-order valence-corrected chi connectivity index (χ3v) is 13.0. The van der Waals surface area contributed by atoms with Crippen LogP contribution in [0.25, 0.3) is 0 Å². The Labute approximate surface area is 438 Å². The van der Waals surface area contributed by atoms with Crippen LogP contribution in [0, 0.1) is 0 Å². The lowest BCUT2D eigenvalue weighted by molar-refractivity contribution is -0.301. The second-order valence-electron chi connectivity index (χ2n) is 19.1. The summed E-state index contributed by atoms with van der Waals surface area (Å²) in [6.45, 7) is 3.82. The number of carbonyl (C=O) groups excluding carboxylic acids is 1. The molecule has 1 aliphatic heterocycles. The van der Waals surface area contributed by atoms with Crippen LogP contribution >= 0.6 is 0 Å². The number of aliphatic hydroxyl groups excluding tert-OH is 3. The monoisotopic (exact) mass is 1030 g/mol. The molecular weight excluding hydrogens is 933 g/mol. The summed E-state index contributed by atoms with van der Waals surface area (Å²) in [5.41, 5.74) is 0. The van der Waals surface area contributed by atoms with Crippen LogP contribution in [0.2, 0.25) is 0 Å². The number of rotatable bonds is 49. The number of esters is 1. The van der Waals surface area contributed by atoms with Crippen molar-refractivity contribution in [2.45, 2.75) is 256 Å². The zero-order chi connectivity index (χ0) is 52.4. The molecule has 72 heavy (non-hydrogen) atoms. The molecule has 1 saturated heterocycles. The molecule has 0 bridgehead atoms. The molecule has 416 valence electrons. The quantitative estimate of drug-likeness (QED) is 0.0196. The van der Waals surface area contributed by atoms with Crippen molar-refractivity contribution in [2.75, 3.05) is 26.4 Å². The van der Waals surface area contributed by atoms with E-state index in [-0.39, 0.29) is 19.6 Å². The van der Waals surface area contributed by atoms with Crippen molar-refractivity contribution in [3.05, 3.63) is 85.1 Å². The Kier molecular flexibility index (Phi) is 46.0. The first kappa shape index (κ1) is 67.3. The van der Waals surface area contributed by atoms with E-state index >= 15 is 0 Å². The van der Waals surface area contributed by atoms with E-state index in [2.05, 4.69) is 103 Å². The van der Waals surface area contributed by atoms with E-state index in [1.165, 1.54) is 103 Å². The summed E-state index contributed by atoms with van der Waals surface area (Å²) in [4.78, 5) is 13.0. The average Bonchev–Trinajstić information content (AvgIpc) is 3.36. The smallest absolute Gasteiger partial charge is 0.397 e. The minimum Gasteiger partial charge on any atom is -0.457 e. The molecule has 0 aromatic rings. The molecule has 1 fully saturated rings. The molecule has 0 amide bonds. The van der Waals surface area contributed by atoms with Gasteiger partial charge >= 0.3 is 16.4 Å². The third kappa shape index (κ3) is 41.6. The van der Waals surface area contributed by atoms with Gasteiger partial charge in [-0.15, -0.1) is 0 Å². The zero-order valence-electron chi connectivity index (χ0n) is 45.0. The zero-order valence-corrected chi connectivity index (χ0v) is 45.8. The summed E-state index contributed by atoms with van der Waals surface area (Å²) in [5, 5.41) is 30.8. The van der Waals surface area contributed by atoms with E-state index < -0.39 is 59.8 Å². The lowest BCUT2D eigenvalue weighted by atomic mass is 9.99. The number of aliphatic hydroxyl groups is 3. The highest BCUT2D eigenvalue weighted by atomic mass is 32.3. The van der Waals surface area contributed by atoms with E-state index in [9.17, 15) is 33.1 Å². The number of unbranched alkanes of at least 4 members (excludes halogenated alkanes) is 22. The van der Waals surface area contributed by atoms with Crippen LogP contribution in [0.3, 0.4) is 0 Å². The van der Waals surface area contributed by atoms with E-state index in [0.29, 0.717) is 13.0 Å². The molecule has 6 unspecified atom stereocenters. The van der Waals surface area contributed by atoms with Gasteiger partial charge in [0.05, 0.1) is 19.8 Å². The Balaban J connectivity index is 2.33. The number of carbonyl (C=O) groups is 1. The SMILES string of the molecule is CC/C=C\C/C=C\C/C=C\C/C=C\C/C=C\CCCCCCOCC(COC1OC(CO)C(O)C(OS(=O)(=O)O)C1O)OC(=O)CCCCCCCCCCCCCCC/C=C\C/C=C\CCCCCCC. The van der Waals surface area contributed by atoms with E-state index in [1.807, 2.05) is 0 Å². The molecule has 6 atom stereocenters. The van der Waals surface area contributed by atoms with Crippen LogP contribution in [-0.4, -0.2) is 97.5 Å². The molecule has 13 heteroatoms. The van der Waals surface area contributed by atoms with E-state index in [4.69, 9.17) is 18.9 Å². The van der Waals surface area contributed by atoms with E-state index in [0.717, 1.165) is 89.9 Å². The summed E-state index contributed by atoms with van der Waals surface area (Å²) >= 11 is 0. The Morgan fingerprint density at radius 2 is 0.958 bits per heavy atom. The molecule has 12 nitrogen and oxygen atoms in total. The number of hydrogen-bond donors (Lipinski definition) is 4. The van der Waals surface area contributed by atoms with Gasteiger partial charge in [-0.05, 0) is 89.9 Å². The van der Waals surface area contributed by atoms with E-state index in [1.54, 1.807) is 0 Å². The summed E-state index contributed by atoms with van der Waals surface area (Å²) in [6.07, 6.45) is 57.6. The van der Waals surface area contributed by atoms with Crippen molar-refractivity contribution in [1.29, 1.82) is 0 Å². The van der Waals surface area contributed by atoms with Crippen LogP contribution in [0.5, 0.6) is 0 Å². The molecule has 1 rings (SSSR count). The third-order valence-electron chi connectivity index (χ3n) is 12.5. The van der Waals surface area contributed by atoms with Gasteiger partial charge in [0.2, 0.25) is 0 Å². The van der Waals surface area contributed by atoms with Gasteiger partial charge < -0.3 is 34.3 Å². The van der Waals surface area contributed by atoms with Crippen LogP contribution in [0.1, 0.15) is 219 Å². The molecule has 4 N–H and O–H groups in total. The van der Waals surface area contributed by atoms with Gasteiger partial charge in [-0.1, -0.05) is 208 Å². The minimum absolute atomic E-state index is 0.0147. The maximum absolute atomic E-state index is 13.0. The standard InChI is InChI=1S/C59H102O12S/c1-3-5-7-9-11-13-15-17-19-21-23-25-26-27-28-29-30-32-34-36-38-40-42-44-46-48-55(61)69-53(52-68-59-57(63)58(71-72(64,65)66)56(62)54(50-60)70-59)51-67-49-47-45-43-41-39-37-35-33-31-24-22-20-18-16-14-12-10-8-6-4-2/h6,8,12,14-15,17-18,20-21,23-24,31,35,37,53-54,56-60,62-63H,3-5,7,9-11,13,16,19,22,25-30,32-34,36,38-52H2,1-2H3,(H,64,65,66)/b8-6-,14-12-,17-15-,20-18-,23-21-,31-24-,37-35-. The fraction of sp³-hybridized carbons (Fsp3) is 0.746. The van der Waals surface area contributed by atoms with Crippen molar-refractivity contribution >= 4 is 16.4 Å². The number of hydrogen-bond acceptors (Lipinski definition) is 11. The Morgan fingerprint density at radius 1 is 0.542 bits per heavy atom. The summed E-state index contributed by atoms with van der Waals surface area (Å²) in [6, 6.07) is 0. The maximum Gasteiger partial charge on any atom is 0.397 e. The van der Waals surface area contributed by atoms with Gasteiger partial charge in [0.25, 0.3) is 0 Å². The van der Waals surface area contributed by atoms with Crippen LogP contribution in [0.4, 0.5) is 0 Å². The van der Waals surface area contributed by atoms with Gasteiger partial charge in [0.15, 0.2) is 6.29 Å². The van der Waals surface area contributed by atoms with Crippen molar-refractivity contribution < 1.29 is 56.2 Å². The normalized spacial score (nSPS) is 19.6. The largest absolute Gasteiger partial charge is 0.457 e. The van der Waals surface area contributed by atoms with Gasteiger partial charge in [-0.25, -0.2) is 4.18 Å². The predicted octanol–water partition coefficient (Wildman–Crippen LogP) is 14.0. The number of allylic oxidation sites excluding steroid dienone is 14. The van der Waals surface area contributed by atoms with Crippen LogP contribution < -0.4 is 0 Å². The van der Waals surface area contributed by atoms with Crippen molar-refractivity contribution in [1.82, 2.24) is 0 Å². The number of ether oxygens (including phenoxy) is 4. The highest BCUT2D eigenvalue weighted by Gasteiger charge is 2.48. The highest BCUT2D eigenvalue weighted by Crippen LogP contribution is 2.26. The summed E-state index contributed by atoms with van der Waals surface area (Å²) in [5.74, 6) is -0.411. The predicted molar refractivity (Wildman–Crippen MR) is 294 cm³/mol. The first-order valence-corrected chi connectivity index (χ1v) is 29.7. The Hall–Kier alpha value is -2.72. The lowest BCUT2D eigenvalue weighted by Gasteiger charge is -2.41. The maximum atomic E-state index is 13.0. The fourth-order valence-corrected chi connectivity index (χ4v) is 8.77. The molecule has 0 spiro atoms. The van der Waals surface area contributed by atoms with Crippen LogP contribution in [-0.2, 0) is 38.3 Å². The van der Waals surface area contributed by atoms with Gasteiger partial charge in [0.1, 0.15) is 30.5 Å². The van der Waals surface area contributed by atoms with Crippen molar-refractivity contribution in [3.63, 3.8) is 0 Å². The summed E-state index contributed by atoms with van der Waals surface area (Å²) in [7, 11) is -5.08. The van der Waals surface area contributed by atoms with Gasteiger partial charge in [-0.3, -0.25) is 9.35 Å². The minimum atomic E-state index is -5.08. The summed E-state index contributed by atoms with van der Waals surface area (Å²) < 4.78 is 59.4. The first-order chi connectivity index (χ1) is 35.1. The molecule has 1 aliphatic rings. The Bertz CT molecular complexity index is 1570. The highest BCUT2D eigenvalue weighted by molar-refractivity contribution is 7.80. The fourth-order valence-electron chi connectivity index (χ4n) is 8.26. The molecule has 0 radical (unpaired) electrons. The second kappa shape index (κ2) is 49.2. The second-order valence-corrected chi connectivity index (χ2v) is 20.2. The van der Waals surface area contributed by atoms with Gasteiger partial charge in [0, 0.05) is 13.0 Å². The lowest BCUT2D eigenvalue weighted by Crippen LogP contribution is -2.60. The van der Waals surface area contributed by atoms with Crippen molar-refractivity contribution in [3.8, 4) is 0 Å². The molecular formula is C59H102O12S. The Morgan fingerprint density at radius 3 is 1.40 bits per heavy atom. The molecule has 1 heterocycles. The van der Waals surface area contributed by atoms with Crippen LogP contribution in [0.15, 0.2) is 85.1 Å².